The number of methoxy groups -OCH3 is 1. The fourth-order valence-electron chi connectivity index (χ4n) is 4.96. The molecule has 2 aromatic heterocycles. The summed E-state index contributed by atoms with van der Waals surface area (Å²) in [6.07, 6.45) is 2.41. The van der Waals surface area contributed by atoms with E-state index in [-0.39, 0.29) is 10.7 Å². The molecule has 39 heavy (non-hydrogen) atoms. The quantitative estimate of drug-likeness (QED) is 0.210. The van der Waals surface area contributed by atoms with Crippen LogP contribution in [0.1, 0.15) is 55.4 Å². The van der Waals surface area contributed by atoms with Crippen molar-refractivity contribution in [3.8, 4) is 28.3 Å². The van der Waals surface area contributed by atoms with Crippen molar-refractivity contribution in [1.82, 2.24) is 15.0 Å². The minimum atomic E-state index is -0.134. The Kier molecular flexibility index (Phi) is 8.43. The minimum Gasteiger partial charge on any atom is -0.497 e. The maximum atomic E-state index is 13.2. The summed E-state index contributed by atoms with van der Waals surface area (Å²) >= 11 is 3.53. The first-order chi connectivity index (χ1) is 18.8. The van der Waals surface area contributed by atoms with Gasteiger partial charge in [0.25, 0.3) is 0 Å². The van der Waals surface area contributed by atoms with Crippen molar-refractivity contribution >= 4 is 29.0 Å². The Morgan fingerprint density at radius 1 is 1.13 bits per heavy atom. The van der Waals surface area contributed by atoms with Crippen molar-refractivity contribution in [3.05, 3.63) is 76.3 Å². The average Bonchev–Trinajstić information content (AvgIpc) is 3.59. The summed E-state index contributed by atoms with van der Waals surface area (Å²) in [5.41, 5.74) is 4.98. The maximum absolute atomic E-state index is 13.2. The van der Waals surface area contributed by atoms with Gasteiger partial charge in [-0.15, -0.1) is 11.3 Å². The van der Waals surface area contributed by atoms with Crippen LogP contribution in [0.2, 0.25) is 0 Å². The van der Waals surface area contributed by atoms with Crippen LogP contribution in [0.15, 0.2) is 64.5 Å². The van der Waals surface area contributed by atoms with E-state index < -0.39 is 0 Å². The number of benzene rings is 2. The van der Waals surface area contributed by atoms with Crippen LogP contribution in [0, 0.1) is 6.92 Å². The van der Waals surface area contributed by atoms with Crippen molar-refractivity contribution in [2.24, 2.45) is 0 Å². The molecule has 4 aromatic rings. The summed E-state index contributed by atoms with van der Waals surface area (Å²) < 4.78 is 10.7. The van der Waals surface area contributed by atoms with Crippen LogP contribution >= 0.6 is 23.1 Å². The number of aryl methyl sites for hydroxylation is 1. The standard InChI is InChI=1S/C31H35N3O3S2/c1-21-28(29(33-37-21)23-8-6-5-7-9-23)26-20-38-30(32-26)24-14-16-34(17-15-24)27(35)18-31(2,3)39-19-22-10-12-25(36-4)13-11-22/h5-13,20,24H,14-19H2,1-4H3. The van der Waals surface area contributed by atoms with E-state index in [0.29, 0.717) is 12.3 Å². The molecule has 0 atom stereocenters. The number of likely N-dealkylation sites (tertiary alicyclic amines) is 1. The first-order valence-corrected chi connectivity index (χ1v) is 15.2. The van der Waals surface area contributed by atoms with E-state index in [1.807, 2.05) is 66.1 Å². The van der Waals surface area contributed by atoms with E-state index in [2.05, 4.69) is 36.5 Å². The highest BCUT2D eigenvalue weighted by atomic mass is 32.2. The van der Waals surface area contributed by atoms with Crippen molar-refractivity contribution in [1.29, 1.82) is 0 Å². The van der Waals surface area contributed by atoms with E-state index >= 15 is 0 Å². The Labute approximate surface area is 238 Å². The molecule has 8 heteroatoms. The smallest absolute Gasteiger partial charge is 0.223 e. The zero-order valence-electron chi connectivity index (χ0n) is 23.0. The Hall–Kier alpha value is -3.10. The van der Waals surface area contributed by atoms with E-state index in [0.717, 1.165) is 70.7 Å². The lowest BCUT2D eigenvalue weighted by molar-refractivity contribution is -0.132. The number of amides is 1. The number of hydrogen-bond donors (Lipinski definition) is 0. The topological polar surface area (TPSA) is 68.5 Å². The van der Waals surface area contributed by atoms with Crippen molar-refractivity contribution in [2.45, 2.75) is 56.5 Å². The molecule has 0 spiro atoms. The number of hydrogen-bond acceptors (Lipinski definition) is 7. The zero-order valence-corrected chi connectivity index (χ0v) is 24.6. The van der Waals surface area contributed by atoms with Gasteiger partial charge in [0.1, 0.15) is 17.2 Å². The number of piperidine rings is 1. The Morgan fingerprint density at radius 3 is 2.54 bits per heavy atom. The highest BCUT2D eigenvalue weighted by Gasteiger charge is 2.30. The molecule has 1 aliphatic rings. The van der Waals surface area contributed by atoms with Crippen LogP contribution in [-0.2, 0) is 10.5 Å². The van der Waals surface area contributed by atoms with Gasteiger partial charge in [-0.3, -0.25) is 4.79 Å². The summed E-state index contributed by atoms with van der Waals surface area (Å²) in [5.74, 6) is 3.12. The number of ether oxygens (including phenoxy) is 1. The number of carbonyl (C=O) groups is 1. The predicted molar refractivity (Wildman–Crippen MR) is 159 cm³/mol. The summed E-state index contributed by atoms with van der Waals surface area (Å²) in [6.45, 7) is 7.83. The Morgan fingerprint density at radius 2 is 1.85 bits per heavy atom. The molecule has 1 saturated heterocycles. The number of carbonyl (C=O) groups excluding carboxylic acids is 1. The van der Waals surface area contributed by atoms with Gasteiger partial charge >= 0.3 is 0 Å². The normalized spacial score (nSPS) is 14.5. The summed E-state index contributed by atoms with van der Waals surface area (Å²) in [7, 11) is 1.68. The fourth-order valence-corrected chi connectivity index (χ4v) is 6.92. The summed E-state index contributed by atoms with van der Waals surface area (Å²) in [4.78, 5) is 20.2. The molecule has 0 saturated carbocycles. The molecule has 1 aliphatic heterocycles. The summed E-state index contributed by atoms with van der Waals surface area (Å²) in [5, 5.41) is 7.56. The average molecular weight is 562 g/mol. The molecular formula is C31H35N3O3S2. The highest BCUT2D eigenvalue weighted by molar-refractivity contribution is 7.99. The molecule has 1 fully saturated rings. The molecule has 2 aromatic carbocycles. The molecule has 6 nitrogen and oxygen atoms in total. The third-order valence-corrected chi connectivity index (χ3v) is 9.66. The van der Waals surface area contributed by atoms with E-state index in [1.54, 1.807) is 18.4 Å². The minimum absolute atomic E-state index is 0.134. The molecule has 1 amide bonds. The molecule has 204 valence electrons. The molecule has 0 radical (unpaired) electrons. The number of thiazole rings is 1. The number of rotatable bonds is 9. The van der Waals surface area contributed by atoms with Gasteiger partial charge in [-0.25, -0.2) is 4.98 Å². The molecule has 0 bridgehead atoms. The summed E-state index contributed by atoms with van der Waals surface area (Å²) in [6, 6.07) is 18.2. The lowest BCUT2D eigenvalue weighted by atomic mass is 9.96. The van der Waals surface area contributed by atoms with Crippen molar-refractivity contribution in [3.63, 3.8) is 0 Å². The van der Waals surface area contributed by atoms with Crippen LogP contribution in [0.5, 0.6) is 5.75 Å². The third-order valence-electron chi connectivity index (χ3n) is 7.25. The highest BCUT2D eigenvalue weighted by Crippen LogP contribution is 2.38. The predicted octanol–water partition coefficient (Wildman–Crippen LogP) is 7.59. The number of nitrogens with zero attached hydrogens (tertiary/aromatic N) is 3. The molecular weight excluding hydrogens is 526 g/mol. The fraction of sp³-hybridized carbons (Fsp3) is 0.387. The first-order valence-electron chi connectivity index (χ1n) is 13.3. The van der Waals surface area contributed by atoms with Gasteiger partial charge in [0.2, 0.25) is 5.91 Å². The van der Waals surface area contributed by atoms with Crippen LogP contribution in [0.4, 0.5) is 0 Å². The van der Waals surface area contributed by atoms with Crippen molar-refractivity contribution < 1.29 is 14.1 Å². The van der Waals surface area contributed by atoms with Crippen LogP contribution in [0.3, 0.4) is 0 Å². The van der Waals surface area contributed by atoms with Gasteiger partial charge in [-0.05, 0) is 37.5 Å². The SMILES string of the molecule is COc1ccc(CSC(C)(C)CC(=O)N2CCC(c3nc(-c4c(-c5ccccc5)noc4C)cs3)CC2)cc1. The molecule has 0 unspecified atom stereocenters. The Balaban J connectivity index is 1.16. The van der Waals surface area contributed by atoms with E-state index in [4.69, 9.17) is 14.2 Å². The maximum Gasteiger partial charge on any atom is 0.223 e. The number of aromatic nitrogens is 2. The van der Waals surface area contributed by atoms with Gasteiger partial charge < -0.3 is 14.2 Å². The third kappa shape index (κ3) is 6.56. The second-order valence-electron chi connectivity index (χ2n) is 10.6. The van der Waals surface area contributed by atoms with Gasteiger partial charge in [-0.1, -0.05) is 61.5 Å². The second kappa shape index (κ2) is 12.0. The zero-order chi connectivity index (χ0) is 27.4. The van der Waals surface area contributed by atoms with Gasteiger partial charge in [0.05, 0.1) is 23.4 Å². The molecule has 5 rings (SSSR count). The van der Waals surface area contributed by atoms with E-state index in [9.17, 15) is 4.79 Å². The van der Waals surface area contributed by atoms with Crippen LogP contribution < -0.4 is 4.74 Å². The Bertz CT molecular complexity index is 1390. The second-order valence-corrected chi connectivity index (χ2v) is 13.2. The lowest BCUT2D eigenvalue weighted by Crippen LogP contribution is -2.40. The molecule has 3 heterocycles. The van der Waals surface area contributed by atoms with Crippen LogP contribution in [0.25, 0.3) is 22.5 Å². The largest absolute Gasteiger partial charge is 0.497 e. The van der Waals surface area contributed by atoms with E-state index in [1.165, 1.54) is 5.56 Å². The van der Waals surface area contributed by atoms with Crippen LogP contribution in [-0.4, -0.2) is 45.9 Å². The number of thioether (sulfide) groups is 1. The first kappa shape index (κ1) is 27.5. The van der Waals surface area contributed by atoms with Gasteiger partial charge in [0, 0.05) is 46.9 Å². The van der Waals surface area contributed by atoms with Gasteiger partial charge in [-0.2, -0.15) is 11.8 Å². The van der Waals surface area contributed by atoms with Crippen molar-refractivity contribution in [2.75, 3.05) is 20.2 Å². The molecule has 0 N–H and O–H groups in total. The monoisotopic (exact) mass is 561 g/mol. The van der Waals surface area contributed by atoms with Gasteiger partial charge in [0.15, 0.2) is 0 Å². The molecule has 0 aliphatic carbocycles. The lowest BCUT2D eigenvalue weighted by Gasteiger charge is -2.33.